The Balaban J connectivity index is 1.76. The van der Waals surface area contributed by atoms with Crippen molar-refractivity contribution in [2.24, 2.45) is 0 Å². The number of aromatic nitrogens is 1. The normalized spacial score (nSPS) is 10.3. The molecule has 0 bridgehead atoms. The van der Waals surface area contributed by atoms with Crippen molar-refractivity contribution in [1.82, 2.24) is 4.98 Å². The number of benzene rings is 1. The van der Waals surface area contributed by atoms with E-state index < -0.39 is 0 Å². The summed E-state index contributed by atoms with van der Waals surface area (Å²) in [6, 6.07) is 12.3. The quantitative estimate of drug-likeness (QED) is 0.540. The predicted octanol–water partition coefficient (Wildman–Crippen LogP) is 4.83. The monoisotopic (exact) mass is 326 g/mol. The van der Waals surface area contributed by atoms with Gasteiger partial charge in [-0.05, 0) is 62.6 Å². The SMILES string of the molecule is Cc1cc(C)c(C#N)c(SCCCCOc2ccccc2C)n1. The van der Waals surface area contributed by atoms with Gasteiger partial charge in [-0.2, -0.15) is 5.26 Å². The highest BCUT2D eigenvalue weighted by molar-refractivity contribution is 7.99. The Labute approximate surface area is 142 Å². The molecule has 3 nitrogen and oxygen atoms in total. The number of nitriles is 1. The van der Waals surface area contributed by atoms with E-state index in [1.807, 2.05) is 38.1 Å². The van der Waals surface area contributed by atoms with Crippen LogP contribution in [0.15, 0.2) is 35.4 Å². The van der Waals surface area contributed by atoms with E-state index in [1.165, 1.54) is 5.56 Å². The summed E-state index contributed by atoms with van der Waals surface area (Å²) < 4.78 is 5.79. The van der Waals surface area contributed by atoms with Crippen LogP contribution in [0, 0.1) is 32.1 Å². The minimum absolute atomic E-state index is 0.705. The lowest BCUT2D eigenvalue weighted by Crippen LogP contribution is -2.00. The van der Waals surface area contributed by atoms with Crippen LogP contribution in [0.5, 0.6) is 5.75 Å². The number of hydrogen-bond donors (Lipinski definition) is 0. The van der Waals surface area contributed by atoms with Crippen LogP contribution >= 0.6 is 11.8 Å². The number of para-hydroxylation sites is 1. The first kappa shape index (κ1) is 17.4. The zero-order valence-electron chi connectivity index (χ0n) is 13.9. The molecule has 0 fully saturated rings. The lowest BCUT2D eigenvalue weighted by Gasteiger charge is -2.09. The smallest absolute Gasteiger partial charge is 0.122 e. The Morgan fingerprint density at radius 3 is 2.65 bits per heavy atom. The molecular weight excluding hydrogens is 304 g/mol. The van der Waals surface area contributed by atoms with E-state index in [-0.39, 0.29) is 0 Å². The molecule has 1 aromatic carbocycles. The number of hydrogen-bond acceptors (Lipinski definition) is 4. The maximum Gasteiger partial charge on any atom is 0.122 e. The van der Waals surface area contributed by atoms with Crippen LogP contribution in [0.2, 0.25) is 0 Å². The molecule has 4 heteroatoms. The zero-order valence-corrected chi connectivity index (χ0v) is 14.7. The Morgan fingerprint density at radius 1 is 1.13 bits per heavy atom. The highest BCUT2D eigenvalue weighted by atomic mass is 32.2. The number of thioether (sulfide) groups is 1. The number of unbranched alkanes of at least 4 members (excludes halogenated alkanes) is 1. The summed E-state index contributed by atoms with van der Waals surface area (Å²) in [6.45, 7) is 6.71. The van der Waals surface area contributed by atoms with Gasteiger partial charge in [0.15, 0.2) is 0 Å². The summed E-state index contributed by atoms with van der Waals surface area (Å²) >= 11 is 1.66. The molecule has 120 valence electrons. The number of nitrogens with zero attached hydrogens (tertiary/aromatic N) is 2. The van der Waals surface area contributed by atoms with Crippen LogP contribution in [0.25, 0.3) is 0 Å². The van der Waals surface area contributed by atoms with E-state index in [4.69, 9.17) is 4.74 Å². The van der Waals surface area contributed by atoms with Crippen molar-refractivity contribution >= 4 is 11.8 Å². The molecular formula is C19H22N2OS. The summed E-state index contributed by atoms with van der Waals surface area (Å²) in [7, 11) is 0. The molecule has 1 aromatic heterocycles. The number of pyridine rings is 1. The number of ether oxygens (including phenoxy) is 1. The van der Waals surface area contributed by atoms with Crippen molar-refractivity contribution in [2.75, 3.05) is 12.4 Å². The average Bonchev–Trinajstić information content (AvgIpc) is 2.52. The van der Waals surface area contributed by atoms with Gasteiger partial charge in [0.25, 0.3) is 0 Å². The van der Waals surface area contributed by atoms with Crippen molar-refractivity contribution < 1.29 is 4.74 Å². The molecule has 0 spiro atoms. The second-order valence-electron chi connectivity index (χ2n) is 5.54. The minimum Gasteiger partial charge on any atom is -0.493 e. The van der Waals surface area contributed by atoms with Crippen LogP contribution in [0.3, 0.4) is 0 Å². The zero-order chi connectivity index (χ0) is 16.7. The van der Waals surface area contributed by atoms with Gasteiger partial charge in [-0.1, -0.05) is 18.2 Å². The molecule has 0 saturated carbocycles. The Bertz CT molecular complexity index is 707. The van der Waals surface area contributed by atoms with E-state index >= 15 is 0 Å². The topological polar surface area (TPSA) is 45.9 Å². The fraction of sp³-hybridized carbons (Fsp3) is 0.368. The lowest BCUT2D eigenvalue weighted by atomic mass is 10.1. The maximum absolute atomic E-state index is 9.26. The van der Waals surface area contributed by atoms with Gasteiger partial charge in [0.1, 0.15) is 16.8 Å². The number of rotatable bonds is 7. The first-order chi connectivity index (χ1) is 11.1. The lowest BCUT2D eigenvalue weighted by molar-refractivity contribution is 0.308. The molecule has 23 heavy (non-hydrogen) atoms. The van der Waals surface area contributed by atoms with Crippen LogP contribution in [-0.2, 0) is 0 Å². The summed E-state index contributed by atoms with van der Waals surface area (Å²) in [4.78, 5) is 4.49. The Hall–Kier alpha value is -1.99. The molecule has 0 saturated heterocycles. The van der Waals surface area contributed by atoms with Gasteiger partial charge in [-0.3, -0.25) is 0 Å². The van der Waals surface area contributed by atoms with E-state index in [0.29, 0.717) is 5.56 Å². The van der Waals surface area contributed by atoms with Crippen molar-refractivity contribution in [2.45, 2.75) is 38.6 Å². The Kier molecular flexibility index (Phi) is 6.49. The van der Waals surface area contributed by atoms with Crippen LogP contribution in [0.1, 0.15) is 35.2 Å². The third-order valence-corrected chi connectivity index (χ3v) is 4.61. The first-order valence-electron chi connectivity index (χ1n) is 7.81. The summed E-state index contributed by atoms with van der Waals surface area (Å²) in [6.07, 6.45) is 2.03. The van der Waals surface area contributed by atoms with Gasteiger partial charge in [0.05, 0.1) is 12.2 Å². The molecule has 0 aliphatic heterocycles. The Morgan fingerprint density at radius 2 is 1.91 bits per heavy atom. The van der Waals surface area contributed by atoms with Gasteiger partial charge in [0.2, 0.25) is 0 Å². The summed E-state index contributed by atoms with van der Waals surface area (Å²) in [5.74, 6) is 1.91. The van der Waals surface area contributed by atoms with E-state index in [0.717, 1.165) is 47.2 Å². The molecule has 0 aliphatic carbocycles. The van der Waals surface area contributed by atoms with E-state index in [2.05, 4.69) is 24.0 Å². The molecule has 0 N–H and O–H groups in total. The van der Waals surface area contributed by atoms with Crippen molar-refractivity contribution in [3.05, 3.63) is 52.7 Å². The highest BCUT2D eigenvalue weighted by Crippen LogP contribution is 2.24. The van der Waals surface area contributed by atoms with Gasteiger partial charge >= 0.3 is 0 Å². The summed E-state index contributed by atoms with van der Waals surface area (Å²) in [5.41, 5.74) is 3.84. The largest absolute Gasteiger partial charge is 0.493 e. The first-order valence-corrected chi connectivity index (χ1v) is 8.80. The predicted molar refractivity (Wildman–Crippen MR) is 95.1 cm³/mol. The standard InChI is InChI=1S/C19H22N2OS/c1-14-8-4-5-9-18(14)22-10-6-7-11-23-19-17(13-20)15(2)12-16(3)21-19/h4-5,8-9,12H,6-7,10-11H2,1-3H3. The summed E-state index contributed by atoms with van der Waals surface area (Å²) in [5, 5.41) is 10.1. The molecule has 2 rings (SSSR count). The molecule has 0 aliphatic rings. The second kappa shape index (κ2) is 8.59. The third-order valence-electron chi connectivity index (χ3n) is 3.55. The van der Waals surface area contributed by atoms with Crippen LogP contribution in [0.4, 0.5) is 0 Å². The van der Waals surface area contributed by atoms with Crippen molar-refractivity contribution in [3.63, 3.8) is 0 Å². The van der Waals surface area contributed by atoms with Crippen molar-refractivity contribution in [3.8, 4) is 11.8 Å². The van der Waals surface area contributed by atoms with Gasteiger partial charge in [-0.25, -0.2) is 4.98 Å². The van der Waals surface area contributed by atoms with Gasteiger partial charge in [-0.15, -0.1) is 11.8 Å². The molecule has 0 amide bonds. The maximum atomic E-state index is 9.26. The van der Waals surface area contributed by atoms with Crippen LogP contribution < -0.4 is 4.74 Å². The fourth-order valence-corrected chi connectivity index (χ4v) is 3.42. The van der Waals surface area contributed by atoms with Crippen molar-refractivity contribution in [1.29, 1.82) is 5.26 Å². The number of aryl methyl sites for hydroxylation is 3. The molecule has 0 atom stereocenters. The second-order valence-corrected chi connectivity index (χ2v) is 6.63. The van der Waals surface area contributed by atoms with E-state index in [1.54, 1.807) is 11.8 Å². The molecule has 1 heterocycles. The third kappa shape index (κ3) is 5.01. The van der Waals surface area contributed by atoms with E-state index in [9.17, 15) is 5.26 Å². The van der Waals surface area contributed by atoms with Gasteiger partial charge in [0, 0.05) is 5.69 Å². The molecule has 0 unspecified atom stereocenters. The average molecular weight is 326 g/mol. The molecule has 0 radical (unpaired) electrons. The fourth-order valence-electron chi connectivity index (χ4n) is 2.32. The van der Waals surface area contributed by atoms with Gasteiger partial charge < -0.3 is 4.74 Å². The molecule has 2 aromatic rings. The van der Waals surface area contributed by atoms with Crippen LogP contribution in [-0.4, -0.2) is 17.3 Å². The minimum atomic E-state index is 0.705. The highest BCUT2D eigenvalue weighted by Gasteiger charge is 2.08.